The van der Waals surface area contributed by atoms with Gasteiger partial charge in [-0.05, 0) is 67.8 Å². The van der Waals surface area contributed by atoms with Crippen LogP contribution in [0.25, 0.3) is 0 Å². The van der Waals surface area contributed by atoms with Crippen LogP contribution in [0.4, 0.5) is 11.4 Å². The third-order valence-electron chi connectivity index (χ3n) is 9.68. The first-order chi connectivity index (χ1) is 23.9. The molecule has 4 aliphatic heterocycles. The molecule has 0 aromatic heterocycles. The van der Waals surface area contributed by atoms with Crippen LogP contribution in [0.2, 0.25) is 5.02 Å². The molecule has 2 fully saturated rings. The minimum absolute atomic E-state index is 0.101. The number of nitrogens with one attached hydrogen (secondary N) is 1. The topological polar surface area (TPSA) is 94.5 Å². The van der Waals surface area contributed by atoms with Crippen molar-refractivity contribution in [2.24, 2.45) is 16.1 Å². The highest BCUT2D eigenvalue weighted by molar-refractivity contribution is 6.31. The van der Waals surface area contributed by atoms with Gasteiger partial charge in [0.05, 0.1) is 25.1 Å². The maximum Gasteiger partial charge on any atom is 0.251 e. The second-order valence-corrected chi connectivity index (χ2v) is 13.4. The van der Waals surface area contributed by atoms with Crippen LogP contribution in [-0.4, -0.2) is 93.1 Å². The van der Waals surface area contributed by atoms with Crippen molar-refractivity contribution in [2.75, 3.05) is 62.3 Å². The Bertz CT molecular complexity index is 1650. The van der Waals surface area contributed by atoms with Gasteiger partial charge in [-0.25, -0.2) is 15.6 Å². The first-order valence-corrected chi connectivity index (χ1v) is 17.6. The predicted molar refractivity (Wildman–Crippen MR) is 192 cm³/mol. The van der Waals surface area contributed by atoms with Crippen molar-refractivity contribution in [2.45, 2.75) is 44.6 Å². The van der Waals surface area contributed by atoms with Gasteiger partial charge in [-0.1, -0.05) is 48.9 Å². The Balaban J connectivity index is 0.884. The Morgan fingerprint density at radius 3 is 2.33 bits per heavy atom. The molecule has 0 radical (unpaired) electrons. The summed E-state index contributed by atoms with van der Waals surface area (Å²) >= 11 is 6.58. The highest BCUT2D eigenvalue weighted by Crippen LogP contribution is 2.39. The van der Waals surface area contributed by atoms with Crippen LogP contribution in [0.3, 0.4) is 0 Å². The molecule has 11 nitrogen and oxygen atoms in total. The van der Waals surface area contributed by atoms with E-state index in [4.69, 9.17) is 25.8 Å². The molecule has 4 unspecified atom stereocenters. The van der Waals surface area contributed by atoms with Crippen molar-refractivity contribution in [1.82, 2.24) is 15.6 Å². The number of nitrogens with zero attached hydrogens (tertiary/aromatic N) is 6. The number of carbonyl (C=O) groups is 1. The van der Waals surface area contributed by atoms with Gasteiger partial charge < -0.3 is 24.0 Å². The summed E-state index contributed by atoms with van der Waals surface area (Å²) in [7, 11) is 0. The molecular formula is C37H44ClN7O4. The highest BCUT2D eigenvalue weighted by atomic mass is 35.5. The number of anilines is 2. The monoisotopic (exact) mass is 685 g/mol. The normalized spacial score (nSPS) is 24.3. The second-order valence-electron chi connectivity index (χ2n) is 13.0. The molecule has 4 heterocycles. The number of amides is 1. The third kappa shape index (κ3) is 7.40. The predicted octanol–water partition coefficient (Wildman–Crippen LogP) is 4.91. The van der Waals surface area contributed by atoms with Crippen molar-refractivity contribution >= 4 is 41.3 Å². The van der Waals surface area contributed by atoms with Crippen LogP contribution in [0.5, 0.6) is 5.75 Å². The number of benzene rings is 3. The molecule has 0 spiro atoms. The molecule has 0 aliphatic carbocycles. The van der Waals surface area contributed by atoms with E-state index in [9.17, 15) is 4.79 Å². The number of halogens is 1. The third-order valence-corrected chi connectivity index (χ3v) is 10.0. The van der Waals surface area contributed by atoms with Gasteiger partial charge in [-0.15, -0.1) is 0 Å². The van der Waals surface area contributed by atoms with E-state index in [0.717, 1.165) is 49.5 Å². The molecule has 2 saturated heterocycles. The van der Waals surface area contributed by atoms with E-state index < -0.39 is 5.79 Å². The van der Waals surface area contributed by atoms with E-state index >= 15 is 0 Å². The molecule has 3 aromatic carbocycles. The lowest BCUT2D eigenvalue weighted by Crippen LogP contribution is -2.46. The second kappa shape index (κ2) is 14.8. The summed E-state index contributed by atoms with van der Waals surface area (Å²) in [4.78, 5) is 17.6. The van der Waals surface area contributed by atoms with Gasteiger partial charge in [0, 0.05) is 60.6 Å². The first-order valence-electron chi connectivity index (χ1n) is 17.2. The van der Waals surface area contributed by atoms with Gasteiger partial charge in [0.2, 0.25) is 5.79 Å². The Morgan fingerprint density at radius 1 is 0.980 bits per heavy atom. The number of hydrogen-bond acceptors (Lipinski definition) is 10. The Morgan fingerprint density at radius 2 is 1.67 bits per heavy atom. The van der Waals surface area contributed by atoms with Gasteiger partial charge in [0.25, 0.3) is 5.91 Å². The van der Waals surface area contributed by atoms with Crippen LogP contribution in [0.15, 0.2) is 83.0 Å². The Hall–Kier alpha value is -4.16. The fraction of sp³-hybridized carbons (Fsp3) is 0.432. The van der Waals surface area contributed by atoms with Crippen molar-refractivity contribution in [3.05, 3.63) is 88.9 Å². The zero-order chi connectivity index (χ0) is 33.8. The molecule has 3 aromatic rings. The van der Waals surface area contributed by atoms with Crippen molar-refractivity contribution in [3.63, 3.8) is 0 Å². The minimum Gasteiger partial charge on any atom is -0.491 e. The van der Waals surface area contributed by atoms with E-state index in [1.807, 2.05) is 43.3 Å². The fourth-order valence-electron chi connectivity index (χ4n) is 6.70. The molecule has 1 N–H and O–H groups in total. The van der Waals surface area contributed by atoms with Crippen molar-refractivity contribution in [3.8, 4) is 5.75 Å². The van der Waals surface area contributed by atoms with Gasteiger partial charge in [0.15, 0.2) is 0 Å². The molecule has 4 atom stereocenters. The van der Waals surface area contributed by atoms with Crippen LogP contribution in [0.1, 0.15) is 31.4 Å². The maximum atomic E-state index is 12.8. The zero-order valence-electron chi connectivity index (χ0n) is 28.1. The molecule has 12 heteroatoms. The molecular weight excluding hydrogens is 642 g/mol. The van der Waals surface area contributed by atoms with Gasteiger partial charge in [-0.3, -0.25) is 4.79 Å². The number of rotatable bonds is 12. The fourth-order valence-corrected chi connectivity index (χ4v) is 6.98. The molecule has 0 saturated carbocycles. The first kappa shape index (κ1) is 33.3. The van der Waals surface area contributed by atoms with Crippen molar-refractivity contribution in [1.29, 1.82) is 0 Å². The summed E-state index contributed by atoms with van der Waals surface area (Å²) in [5.41, 5.74) is 7.50. The molecule has 258 valence electrons. The number of hydrazone groups is 2. The molecule has 0 bridgehead atoms. The van der Waals surface area contributed by atoms with E-state index in [1.165, 1.54) is 11.4 Å². The lowest BCUT2D eigenvalue weighted by molar-refractivity contribution is -0.195. The molecule has 7 rings (SSSR count). The number of carbonyl (C=O) groups excluding carboxylic acids is 1. The van der Waals surface area contributed by atoms with Crippen LogP contribution < -0.4 is 20.0 Å². The highest BCUT2D eigenvalue weighted by Gasteiger charge is 2.46. The summed E-state index contributed by atoms with van der Waals surface area (Å²) in [6, 6.07) is 24.6. The molecule has 4 aliphatic rings. The number of hydrogen-bond donors (Lipinski definition) is 1. The Labute approximate surface area is 293 Å². The molecule has 1 amide bonds. The van der Waals surface area contributed by atoms with E-state index in [0.29, 0.717) is 37.7 Å². The number of piperazine rings is 1. The van der Waals surface area contributed by atoms with Gasteiger partial charge in [0.1, 0.15) is 25.0 Å². The average Bonchev–Trinajstić information content (AvgIpc) is 3.89. The maximum absolute atomic E-state index is 12.8. The largest absolute Gasteiger partial charge is 0.491 e. The van der Waals surface area contributed by atoms with Crippen LogP contribution >= 0.6 is 11.6 Å². The summed E-state index contributed by atoms with van der Waals surface area (Å²) in [6.45, 7) is 9.56. The lowest BCUT2D eigenvalue weighted by atomic mass is 9.99. The average molecular weight is 686 g/mol. The number of ether oxygens (including phenoxy) is 3. The summed E-state index contributed by atoms with van der Waals surface area (Å²) in [5.74, 6) is -0.354. The minimum atomic E-state index is -1.06. The van der Waals surface area contributed by atoms with Crippen LogP contribution in [0, 0.1) is 5.92 Å². The van der Waals surface area contributed by atoms with E-state index in [-0.39, 0.29) is 24.0 Å². The molecule has 49 heavy (non-hydrogen) atoms. The SMILES string of the molecule is CCC(C)N1N=CC(Cc2ccc(N3CCN(c4ccc(OCC5COC(CN6N=CCN6)(c6ccccc6Cl)O5)cc4)CC3)cc2)C1=O. The summed E-state index contributed by atoms with van der Waals surface area (Å²) in [5, 5.41) is 12.7. The summed E-state index contributed by atoms with van der Waals surface area (Å²) < 4.78 is 19.0. The smallest absolute Gasteiger partial charge is 0.251 e. The quantitative estimate of drug-likeness (QED) is 0.288. The van der Waals surface area contributed by atoms with Crippen LogP contribution in [-0.2, 0) is 26.5 Å². The van der Waals surface area contributed by atoms with Crippen molar-refractivity contribution < 1.29 is 19.0 Å². The standard InChI is InChI=1S/C37H44ClN7O4/c1-3-27(2)45-36(46)29(23-41-45)22-28-8-10-30(11-9-28)42-18-20-43(21-19-42)31-12-14-32(15-13-31)47-24-33-25-48-37(49-33,26-44-39-16-17-40-44)34-6-4-5-7-35(34)38/h4-16,23,27,29,33,40H,3,17-22,24-26H2,1-2H3. The van der Waals surface area contributed by atoms with Gasteiger partial charge >= 0.3 is 0 Å². The van der Waals surface area contributed by atoms with E-state index in [2.05, 4.69) is 68.8 Å². The summed E-state index contributed by atoms with van der Waals surface area (Å²) in [6.07, 6.45) is 4.91. The Kier molecular flexibility index (Phi) is 10.0. The number of hydrazine groups is 1. The lowest BCUT2D eigenvalue weighted by Gasteiger charge is -2.37. The van der Waals surface area contributed by atoms with E-state index in [1.54, 1.807) is 22.6 Å². The van der Waals surface area contributed by atoms with Gasteiger partial charge in [-0.2, -0.15) is 10.2 Å². The zero-order valence-corrected chi connectivity index (χ0v) is 28.8.